The molecule has 0 heterocycles. The molecule has 0 saturated carbocycles. The normalized spacial score (nSPS) is 12.1. The van der Waals surface area contributed by atoms with Gasteiger partial charge in [0.25, 0.3) is 5.91 Å². The topological polar surface area (TPSA) is 114 Å². The van der Waals surface area contributed by atoms with Crippen molar-refractivity contribution < 1.29 is 39.8 Å². The fourth-order valence-electron chi connectivity index (χ4n) is 2.66. The highest BCUT2D eigenvalue weighted by Gasteiger charge is 2.48. The lowest BCUT2D eigenvalue weighted by atomic mass is 10.0. The number of carbonyl (C=O) groups is 2. The fourth-order valence-corrected chi connectivity index (χ4v) is 3.24. The molecule has 2 N–H and O–H groups in total. The van der Waals surface area contributed by atoms with Crippen molar-refractivity contribution in [1.29, 1.82) is 0 Å². The smallest absolute Gasteiger partial charge is 0.376 e. The van der Waals surface area contributed by atoms with Crippen LogP contribution in [0.1, 0.15) is 21.5 Å². The summed E-state index contributed by atoms with van der Waals surface area (Å²) in [6, 6.07) is 13.8. The second kappa shape index (κ2) is 10.7. The van der Waals surface area contributed by atoms with E-state index in [9.17, 15) is 35.6 Å². The number of carbonyl (C=O) groups excluding carboxylic acids is 2. The van der Waals surface area contributed by atoms with E-state index in [1.165, 1.54) is 48.5 Å². The number of urea groups is 1. The van der Waals surface area contributed by atoms with E-state index in [1.54, 1.807) is 0 Å². The quantitative estimate of drug-likeness (QED) is 0.155. The minimum atomic E-state index is -5.86. The molecule has 0 unspecified atom stereocenters. The number of hydrazone groups is 1. The third kappa shape index (κ3) is 6.79. The molecule has 3 aromatic carbocycles. The third-order valence-corrected chi connectivity index (χ3v) is 5.57. The predicted octanol–water partition coefficient (Wildman–Crippen LogP) is 4.60. The molecule has 0 radical (unpaired) electrons. The highest BCUT2D eigenvalue weighted by atomic mass is 35.5. The van der Waals surface area contributed by atoms with Crippen LogP contribution in [0.15, 0.2) is 77.9 Å². The largest absolute Gasteiger partial charge is 0.534 e. The Morgan fingerprint density at radius 2 is 1.33 bits per heavy atom. The van der Waals surface area contributed by atoms with Crippen LogP contribution in [0, 0.1) is 5.82 Å². The predicted molar refractivity (Wildman–Crippen MR) is 122 cm³/mol. The first-order valence-electron chi connectivity index (χ1n) is 9.67. The van der Waals surface area contributed by atoms with Crippen molar-refractivity contribution in [2.75, 3.05) is 0 Å². The molecule has 0 spiro atoms. The number of nitrogens with one attached hydrogen (secondary N) is 2. The highest BCUT2D eigenvalue weighted by molar-refractivity contribution is 7.88. The van der Waals surface area contributed by atoms with Gasteiger partial charge in [0.2, 0.25) is 0 Å². The van der Waals surface area contributed by atoms with Gasteiger partial charge < -0.3 is 4.18 Å². The standard InChI is InChI=1S/C22H14ClF4N3O5S/c23-16-7-1-13(2-8-16)19(14-5-11-18(12-6-14)35-36(33,34)22(25,26)27)29-30-21(32)28-20(31)15-3-9-17(24)10-4-15/h1-12H,(H2,28,30,31,32)/b29-19+. The molecule has 3 amide bonds. The zero-order valence-electron chi connectivity index (χ0n) is 17.7. The number of hydrogen-bond acceptors (Lipinski definition) is 6. The van der Waals surface area contributed by atoms with Gasteiger partial charge in [0, 0.05) is 21.7 Å². The minimum Gasteiger partial charge on any atom is -0.376 e. The molecule has 36 heavy (non-hydrogen) atoms. The van der Waals surface area contributed by atoms with Gasteiger partial charge >= 0.3 is 21.7 Å². The van der Waals surface area contributed by atoms with E-state index in [-0.39, 0.29) is 16.8 Å². The van der Waals surface area contributed by atoms with Gasteiger partial charge in [-0.1, -0.05) is 23.7 Å². The van der Waals surface area contributed by atoms with Gasteiger partial charge in [-0.3, -0.25) is 10.1 Å². The van der Waals surface area contributed by atoms with Crippen LogP contribution in [-0.4, -0.2) is 31.6 Å². The average molecular weight is 544 g/mol. The summed E-state index contributed by atoms with van der Waals surface area (Å²) in [6.07, 6.45) is 0. The van der Waals surface area contributed by atoms with E-state index < -0.39 is 39.1 Å². The number of nitrogens with zero attached hydrogens (tertiary/aromatic N) is 1. The molecule has 3 aromatic rings. The van der Waals surface area contributed by atoms with Gasteiger partial charge in [-0.15, -0.1) is 0 Å². The Morgan fingerprint density at radius 3 is 1.86 bits per heavy atom. The number of amides is 3. The van der Waals surface area contributed by atoms with Crippen LogP contribution in [0.25, 0.3) is 0 Å². The zero-order chi connectivity index (χ0) is 26.5. The van der Waals surface area contributed by atoms with E-state index in [4.69, 9.17) is 11.6 Å². The van der Waals surface area contributed by atoms with Crippen LogP contribution in [0.4, 0.5) is 22.4 Å². The summed E-state index contributed by atoms with van der Waals surface area (Å²) in [5, 5.41) is 6.34. The van der Waals surface area contributed by atoms with Crippen LogP contribution in [0.3, 0.4) is 0 Å². The molecule has 0 aliphatic heterocycles. The molecule has 188 valence electrons. The first-order valence-corrected chi connectivity index (χ1v) is 11.5. The van der Waals surface area contributed by atoms with Gasteiger partial charge in [-0.05, 0) is 60.7 Å². The molecular formula is C22H14ClF4N3O5S. The number of benzene rings is 3. The molecule has 0 atom stereocenters. The molecule has 14 heteroatoms. The Bertz CT molecular complexity index is 1390. The molecule has 3 rings (SSSR count). The maximum atomic E-state index is 13.0. The maximum Gasteiger partial charge on any atom is 0.534 e. The number of imide groups is 1. The number of halogens is 5. The van der Waals surface area contributed by atoms with Crippen molar-refractivity contribution in [2.24, 2.45) is 5.10 Å². The fraction of sp³-hybridized carbons (Fsp3) is 0.0455. The van der Waals surface area contributed by atoms with Crippen LogP contribution in [0.5, 0.6) is 5.75 Å². The Kier molecular flexibility index (Phi) is 7.95. The van der Waals surface area contributed by atoms with E-state index in [2.05, 4.69) is 14.7 Å². The Hall–Kier alpha value is -3.97. The molecule has 0 saturated heterocycles. The van der Waals surface area contributed by atoms with Gasteiger partial charge in [0.05, 0.1) is 5.71 Å². The van der Waals surface area contributed by atoms with Crippen molar-refractivity contribution >= 4 is 39.4 Å². The zero-order valence-corrected chi connectivity index (χ0v) is 19.3. The Labute approximate surface area is 206 Å². The Morgan fingerprint density at radius 1 is 0.833 bits per heavy atom. The maximum absolute atomic E-state index is 13.0. The van der Waals surface area contributed by atoms with Crippen molar-refractivity contribution in [1.82, 2.24) is 10.7 Å². The summed E-state index contributed by atoms with van der Waals surface area (Å²) in [5.41, 5.74) is -2.76. The van der Waals surface area contributed by atoms with Crippen molar-refractivity contribution in [3.8, 4) is 5.75 Å². The van der Waals surface area contributed by atoms with E-state index in [1.807, 2.05) is 5.32 Å². The summed E-state index contributed by atoms with van der Waals surface area (Å²) in [7, 11) is -5.86. The summed E-state index contributed by atoms with van der Waals surface area (Å²) < 4.78 is 77.1. The summed E-state index contributed by atoms with van der Waals surface area (Å²) in [5.74, 6) is -2.01. The van der Waals surface area contributed by atoms with Crippen molar-refractivity contribution in [2.45, 2.75) is 5.51 Å². The van der Waals surface area contributed by atoms with E-state index in [0.717, 1.165) is 24.3 Å². The van der Waals surface area contributed by atoms with Crippen LogP contribution in [0.2, 0.25) is 5.02 Å². The molecule has 0 aromatic heterocycles. The monoisotopic (exact) mass is 543 g/mol. The highest BCUT2D eigenvalue weighted by Crippen LogP contribution is 2.27. The Balaban J connectivity index is 1.83. The van der Waals surface area contributed by atoms with E-state index >= 15 is 0 Å². The minimum absolute atomic E-state index is 0.0119. The lowest BCUT2D eigenvalue weighted by Crippen LogP contribution is -2.37. The van der Waals surface area contributed by atoms with Crippen molar-refractivity contribution in [3.05, 3.63) is 100 Å². The van der Waals surface area contributed by atoms with Crippen LogP contribution in [-0.2, 0) is 10.1 Å². The SMILES string of the molecule is O=C(N/N=C(\c1ccc(Cl)cc1)c1ccc(OS(=O)(=O)C(F)(F)F)cc1)NC(=O)c1ccc(F)cc1. The first-order chi connectivity index (χ1) is 16.9. The summed E-state index contributed by atoms with van der Waals surface area (Å²) >= 11 is 5.89. The van der Waals surface area contributed by atoms with Crippen LogP contribution < -0.4 is 14.9 Å². The summed E-state index contributed by atoms with van der Waals surface area (Å²) in [4.78, 5) is 24.3. The second-order valence-electron chi connectivity index (χ2n) is 6.88. The van der Waals surface area contributed by atoms with Gasteiger partial charge in [-0.25, -0.2) is 14.6 Å². The second-order valence-corrected chi connectivity index (χ2v) is 8.85. The van der Waals surface area contributed by atoms with Crippen LogP contribution >= 0.6 is 11.6 Å². The van der Waals surface area contributed by atoms with Gasteiger partial charge in [0.1, 0.15) is 11.6 Å². The lowest BCUT2D eigenvalue weighted by Gasteiger charge is -2.11. The third-order valence-electron chi connectivity index (χ3n) is 4.34. The average Bonchev–Trinajstić information content (AvgIpc) is 2.80. The number of alkyl halides is 3. The first kappa shape index (κ1) is 26.6. The molecule has 0 fully saturated rings. The van der Waals surface area contributed by atoms with Gasteiger partial charge in [0.15, 0.2) is 0 Å². The number of rotatable bonds is 6. The van der Waals surface area contributed by atoms with Gasteiger partial charge in [-0.2, -0.15) is 26.7 Å². The molecule has 0 bridgehead atoms. The molecule has 0 aliphatic carbocycles. The lowest BCUT2D eigenvalue weighted by molar-refractivity contribution is -0.0500. The number of hydrogen-bond donors (Lipinski definition) is 2. The van der Waals surface area contributed by atoms with E-state index in [0.29, 0.717) is 10.6 Å². The molecular weight excluding hydrogens is 530 g/mol. The molecule has 8 nitrogen and oxygen atoms in total. The van der Waals surface area contributed by atoms with Crippen molar-refractivity contribution in [3.63, 3.8) is 0 Å². The molecule has 0 aliphatic rings. The summed E-state index contributed by atoms with van der Waals surface area (Å²) in [6.45, 7) is 0.